The van der Waals surface area contributed by atoms with Crippen LogP contribution in [-0.4, -0.2) is 30.4 Å². The number of nitrogens with zero attached hydrogens (tertiary/aromatic N) is 5. The summed E-state index contributed by atoms with van der Waals surface area (Å²) in [6.07, 6.45) is 3.27. The second-order valence-corrected chi connectivity index (χ2v) is 8.37. The first-order valence-electron chi connectivity index (χ1n) is 10.2. The third-order valence-electron chi connectivity index (χ3n) is 5.17. The molecule has 11 heteroatoms. The Hall–Kier alpha value is -4.25. The van der Waals surface area contributed by atoms with Gasteiger partial charge in [-0.05, 0) is 49.3 Å². The smallest absolute Gasteiger partial charge is 0.404 e. The Morgan fingerprint density at radius 1 is 1.03 bits per heavy atom. The second-order valence-electron chi connectivity index (χ2n) is 7.51. The number of nitrogens with one attached hydrogen (secondary N) is 1. The van der Waals surface area contributed by atoms with E-state index < -0.39 is 10.8 Å². The number of aromatic nitrogens is 4. The van der Waals surface area contributed by atoms with Crippen molar-refractivity contribution in [3.8, 4) is 0 Å². The maximum atomic E-state index is 12.6. The number of carbonyl (C=O) groups is 1. The molecule has 1 N–H and O–H groups in total. The molecule has 0 aliphatic heterocycles. The molecule has 2 aromatic carbocycles. The monoisotopic (exact) mass is 520 g/mol. The topological polar surface area (TPSA) is 121 Å². The van der Waals surface area contributed by atoms with Crippen LogP contribution in [0.15, 0.2) is 81.9 Å². The molecule has 0 fully saturated rings. The molecule has 0 radical (unpaired) electrons. The predicted octanol–water partition coefficient (Wildman–Crippen LogP) is 4.85. The Morgan fingerprint density at radius 3 is 2.68 bits per heavy atom. The Balaban J connectivity index is 1.25. The minimum Gasteiger partial charge on any atom is -0.454 e. The molecule has 170 valence electrons. The standard InChI is InChI=1S/C23H17BrN6O4/c24-19-14-29(27-22(19)30(32)33)13-17-8-9-20(34-17)23(31)25-21-10-11-28(26-21)12-16-6-3-5-15-4-1-2-7-18(15)16/h1-11,14H,12-13H2,(H,25,26,31). The number of rotatable bonds is 7. The van der Waals surface area contributed by atoms with E-state index in [-0.39, 0.29) is 22.6 Å². The van der Waals surface area contributed by atoms with Crippen molar-refractivity contribution in [3.63, 3.8) is 0 Å². The average molecular weight is 521 g/mol. The van der Waals surface area contributed by atoms with Gasteiger partial charge in [-0.1, -0.05) is 42.5 Å². The van der Waals surface area contributed by atoms with Crippen LogP contribution in [0.25, 0.3) is 10.8 Å². The fourth-order valence-electron chi connectivity index (χ4n) is 3.64. The van der Waals surface area contributed by atoms with Crippen LogP contribution in [0.1, 0.15) is 21.9 Å². The quantitative estimate of drug-likeness (QED) is 0.242. The van der Waals surface area contributed by atoms with Gasteiger partial charge in [0.15, 0.2) is 11.6 Å². The SMILES string of the molecule is O=C(Nc1ccn(Cc2cccc3ccccc23)n1)c1ccc(Cn2cc(Br)c([N+](=O)[O-])n2)o1. The first kappa shape index (κ1) is 21.6. The van der Waals surface area contributed by atoms with Crippen LogP contribution >= 0.6 is 15.9 Å². The van der Waals surface area contributed by atoms with E-state index in [1.54, 1.807) is 23.0 Å². The molecule has 3 heterocycles. The lowest BCUT2D eigenvalue weighted by atomic mass is 10.0. The van der Waals surface area contributed by atoms with Crippen LogP contribution in [0.5, 0.6) is 0 Å². The van der Waals surface area contributed by atoms with E-state index in [4.69, 9.17) is 4.42 Å². The Kier molecular flexibility index (Phi) is 5.68. The molecule has 3 aromatic heterocycles. The lowest BCUT2D eigenvalue weighted by Crippen LogP contribution is -2.12. The van der Waals surface area contributed by atoms with Crippen molar-refractivity contribution in [3.05, 3.63) is 105 Å². The molecule has 0 saturated heterocycles. The van der Waals surface area contributed by atoms with Gasteiger partial charge in [-0.3, -0.25) is 9.48 Å². The normalized spacial score (nSPS) is 11.1. The van der Waals surface area contributed by atoms with Crippen molar-refractivity contribution in [1.29, 1.82) is 0 Å². The molecule has 5 rings (SSSR count). The number of amides is 1. The lowest BCUT2D eigenvalue weighted by molar-refractivity contribution is -0.390. The van der Waals surface area contributed by atoms with Gasteiger partial charge in [-0.2, -0.15) is 9.78 Å². The van der Waals surface area contributed by atoms with Gasteiger partial charge in [-0.15, -0.1) is 0 Å². The number of benzene rings is 2. The summed E-state index contributed by atoms with van der Waals surface area (Å²) < 4.78 is 8.97. The number of fused-ring (bicyclic) bond motifs is 1. The third kappa shape index (κ3) is 4.46. The zero-order chi connectivity index (χ0) is 23.7. The van der Waals surface area contributed by atoms with E-state index in [0.29, 0.717) is 18.1 Å². The number of carbonyl (C=O) groups excluding carboxylic acids is 1. The van der Waals surface area contributed by atoms with E-state index in [2.05, 4.69) is 55.7 Å². The van der Waals surface area contributed by atoms with Crippen molar-refractivity contribution < 1.29 is 14.1 Å². The van der Waals surface area contributed by atoms with Crippen LogP contribution in [0.4, 0.5) is 11.6 Å². The van der Waals surface area contributed by atoms with Gasteiger partial charge in [0.2, 0.25) is 0 Å². The number of nitro groups is 1. The summed E-state index contributed by atoms with van der Waals surface area (Å²) in [4.78, 5) is 22.9. The van der Waals surface area contributed by atoms with Crippen LogP contribution in [0, 0.1) is 10.1 Å². The highest BCUT2D eigenvalue weighted by Crippen LogP contribution is 2.23. The summed E-state index contributed by atoms with van der Waals surface area (Å²) >= 11 is 3.10. The van der Waals surface area contributed by atoms with Crippen LogP contribution < -0.4 is 5.32 Å². The molecule has 0 aliphatic carbocycles. The maximum Gasteiger partial charge on any atom is 0.404 e. The van der Waals surface area contributed by atoms with E-state index in [0.717, 1.165) is 16.3 Å². The van der Waals surface area contributed by atoms with Crippen LogP contribution in [-0.2, 0) is 13.1 Å². The molecule has 0 atom stereocenters. The molecule has 0 bridgehead atoms. The van der Waals surface area contributed by atoms with Crippen molar-refractivity contribution >= 4 is 44.2 Å². The number of anilines is 1. The van der Waals surface area contributed by atoms with Gasteiger partial charge in [0.1, 0.15) is 16.8 Å². The largest absolute Gasteiger partial charge is 0.454 e. The van der Waals surface area contributed by atoms with Gasteiger partial charge in [0.25, 0.3) is 5.91 Å². The summed E-state index contributed by atoms with van der Waals surface area (Å²) in [5.74, 6) is 0.184. The Labute approximate surface area is 201 Å². The fourth-order valence-corrected chi connectivity index (χ4v) is 4.10. The molecule has 10 nitrogen and oxygen atoms in total. The van der Waals surface area contributed by atoms with Crippen molar-refractivity contribution in [2.75, 3.05) is 5.32 Å². The molecule has 1 amide bonds. The highest BCUT2D eigenvalue weighted by Gasteiger charge is 2.20. The molecule has 0 spiro atoms. The number of hydrogen-bond acceptors (Lipinski definition) is 6. The predicted molar refractivity (Wildman–Crippen MR) is 128 cm³/mol. The first-order chi connectivity index (χ1) is 16.5. The minimum atomic E-state index is -0.582. The number of furan rings is 1. The number of hydrogen-bond donors (Lipinski definition) is 1. The van der Waals surface area contributed by atoms with Crippen LogP contribution in [0.3, 0.4) is 0 Å². The fraction of sp³-hybridized carbons (Fsp3) is 0.0870. The summed E-state index contributed by atoms with van der Waals surface area (Å²) in [5.41, 5.74) is 1.13. The van der Waals surface area contributed by atoms with Gasteiger partial charge >= 0.3 is 5.82 Å². The van der Waals surface area contributed by atoms with Crippen molar-refractivity contribution in [2.45, 2.75) is 13.1 Å². The maximum absolute atomic E-state index is 12.6. The van der Waals surface area contributed by atoms with E-state index in [1.165, 1.54) is 16.9 Å². The van der Waals surface area contributed by atoms with E-state index in [1.807, 2.05) is 18.2 Å². The summed E-state index contributed by atoms with van der Waals surface area (Å²) in [6, 6.07) is 19.2. The Morgan fingerprint density at radius 2 is 1.85 bits per heavy atom. The van der Waals surface area contributed by atoms with Gasteiger partial charge in [0.05, 0.1) is 17.8 Å². The van der Waals surface area contributed by atoms with Gasteiger partial charge < -0.3 is 19.8 Å². The second kappa shape index (κ2) is 8.94. The summed E-state index contributed by atoms with van der Waals surface area (Å²) in [6.45, 7) is 0.701. The molecule has 34 heavy (non-hydrogen) atoms. The molecular weight excluding hydrogens is 504 g/mol. The molecule has 0 unspecified atom stereocenters. The van der Waals surface area contributed by atoms with Crippen molar-refractivity contribution in [1.82, 2.24) is 19.6 Å². The molecular formula is C23H17BrN6O4. The highest BCUT2D eigenvalue weighted by molar-refractivity contribution is 9.10. The lowest BCUT2D eigenvalue weighted by Gasteiger charge is -2.06. The first-order valence-corrected chi connectivity index (χ1v) is 11.0. The van der Waals surface area contributed by atoms with Gasteiger partial charge in [0, 0.05) is 12.3 Å². The zero-order valence-corrected chi connectivity index (χ0v) is 19.2. The summed E-state index contributed by atoms with van der Waals surface area (Å²) in [7, 11) is 0. The third-order valence-corrected chi connectivity index (χ3v) is 5.73. The van der Waals surface area contributed by atoms with Gasteiger partial charge in [-0.25, -0.2) is 0 Å². The van der Waals surface area contributed by atoms with Crippen molar-refractivity contribution in [2.24, 2.45) is 0 Å². The Bertz CT molecular complexity index is 1510. The zero-order valence-electron chi connectivity index (χ0n) is 17.6. The highest BCUT2D eigenvalue weighted by atomic mass is 79.9. The average Bonchev–Trinajstić information content (AvgIpc) is 3.55. The van der Waals surface area contributed by atoms with Crippen LogP contribution in [0.2, 0.25) is 0 Å². The number of halogens is 1. The van der Waals surface area contributed by atoms with E-state index in [9.17, 15) is 14.9 Å². The summed E-state index contributed by atoms with van der Waals surface area (Å²) in [5, 5.41) is 24.3. The minimum absolute atomic E-state index is 0.0966. The molecule has 0 aliphatic rings. The van der Waals surface area contributed by atoms with E-state index >= 15 is 0 Å². The molecule has 5 aromatic rings. The molecule has 0 saturated carbocycles.